The predicted octanol–water partition coefficient (Wildman–Crippen LogP) is 4.55. The van der Waals surface area contributed by atoms with Crippen LogP contribution in [0.1, 0.15) is 18.9 Å². The van der Waals surface area contributed by atoms with Crippen molar-refractivity contribution in [3.63, 3.8) is 0 Å². The minimum Gasteiger partial charge on any atom is -0.317 e. The van der Waals surface area contributed by atoms with Crippen molar-refractivity contribution in [1.82, 2.24) is 5.32 Å². The van der Waals surface area contributed by atoms with E-state index >= 15 is 0 Å². The van der Waals surface area contributed by atoms with Crippen LogP contribution in [0.15, 0.2) is 48.5 Å². The first-order valence-electron chi connectivity index (χ1n) is 6.72. The molecule has 2 aromatic carbocycles. The lowest BCUT2D eigenvalue weighted by Crippen LogP contribution is -2.21. The molecule has 0 aliphatic carbocycles. The Morgan fingerprint density at radius 2 is 1.74 bits per heavy atom. The van der Waals surface area contributed by atoms with Crippen LogP contribution in [0, 0.1) is 0 Å². The molecule has 0 radical (unpaired) electrons. The fourth-order valence-corrected chi connectivity index (χ4v) is 2.32. The molecule has 19 heavy (non-hydrogen) atoms. The van der Waals surface area contributed by atoms with Crippen LogP contribution in [0.3, 0.4) is 0 Å². The number of benzene rings is 2. The third-order valence-corrected chi connectivity index (χ3v) is 3.83. The highest BCUT2D eigenvalue weighted by molar-refractivity contribution is 6.33. The minimum absolute atomic E-state index is 0.559. The van der Waals surface area contributed by atoms with Crippen LogP contribution in [-0.2, 0) is 6.42 Å². The van der Waals surface area contributed by atoms with E-state index < -0.39 is 0 Å². The molecule has 0 aromatic heterocycles. The van der Waals surface area contributed by atoms with E-state index in [4.69, 9.17) is 11.6 Å². The van der Waals surface area contributed by atoms with E-state index in [0.29, 0.717) is 6.04 Å². The molecule has 1 N–H and O–H groups in total. The maximum atomic E-state index is 6.21. The molecule has 0 saturated heterocycles. The van der Waals surface area contributed by atoms with Crippen molar-refractivity contribution in [2.24, 2.45) is 0 Å². The molecule has 2 rings (SSSR count). The zero-order valence-corrected chi connectivity index (χ0v) is 12.2. The van der Waals surface area contributed by atoms with Crippen molar-refractivity contribution in [1.29, 1.82) is 0 Å². The average molecular weight is 274 g/mol. The summed E-state index contributed by atoms with van der Waals surface area (Å²) in [5, 5.41) is 4.07. The number of hydrogen-bond acceptors (Lipinski definition) is 1. The van der Waals surface area contributed by atoms with Crippen molar-refractivity contribution >= 4 is 11.6 Å². The molecular weight excluding hydrogens is 254 g/mol. The van der Waals surface area contributed by atoms with Gasteiger partial charge in [0.05, 0.1) is 0 Å². The summed E-state index contributed by atoms with van der Waals surface area (Å²) in [6.45, 7) is 2.21. The van der Waals surface area contributed by atoms with Gasteiger partial charge in [-0.15, -0.1) is 0 Å². The van der Waals surface area contributed by atoms with Crippen molar-refractivity contribution in [2.45, 2.75) is 25.8 Å². The zero-order chi connectivity index (χ0) is 13.7. The lowest BCUT2D eigenvalue weighted by Gasteiger charge is -2.10. The van der Waals surface area contributed by atoms with Gasteiger partial charge in [-0.1, -0.05) is 54.1 Å². The highest BCUT2D eigenvalue weighted by Gasteiger charge is 2.03. The van der Waals surface area contributed by atoms with Crippen LogP contribution in [0.2, 0.25) is 5.02 Å². The maximum Gasteiger partial charge on any atom is 0.0484 e. The van der Waals surface area contributed by atoms with Crippen LogP contribution in [0.4, 0.5) is 0 Å². The molecule has 0 spiro atoms. The summed E-state index contributed by atoms with van der Waals surface area (Å²) in [6.07, 6.45) is 2.26. The summed E-state index contributed by atoms with van der Waals surface area (Å²) in [7, 11) is 2.01. The smallest absolute Gasteiger partial charge is 0.0484 e. The molecule has 2 heteroatoms. The lowest BCUT2D eigenvalue weighted by atomic mass is 10.0. The summed E-state index contributed by atoms with van der Waals surface area (Å²) in [6, 6.07) is 17.2. The minimum atomic E-state index is 0.559. The van der Waals surface area contributed by atoms with Crippen LogP contribution < -0.4 is 5.32 Å². The Morgan fingerprint density at radius 1 is 1.05 bits per heavy atom. The lowest BCUT2D eigenvalue weighted by molar-refractivity contribution is 0.565. The first-order valence-corrected chi connectivity index (χ1v) is 7.09. The van der Waals surface area contributed by atoms with Crippen LogP contribution in [0.5, 0.6) is 0 Å². The highest BCUT2D eigenvalue weighted by atomic mass is 35.5. The number of aryl methyl sites for hydroxylation is 1. The van der Waals surface area contributed by atoms with Gasteiger partial charge in [-0.25, -0.2) is 0 Å². The average Bonchev–Trinajstić information content (AvgIpc) is 2.46. The molecule has 0 aliphatic heterocycles. The second-order valence-electron chi connectivity index (χ2n) is 4.91. The Morgan fingerprint density at radius 3 is 2.37 bits per heavy atom. The van der Waals surface area contributed by atoms with Gasteiger partial charge in [-0.2, -0.15) is 0 Å². The summed E-state index contributed by atoms with van der Waals surface area (Å²) in [4.78, 5) is 0. The first-order chi connectivity index (χ1) is 9.20. The Hall–Kier alpha value is -1.31. The molecule has 100 valence electrons. The number of halogens is 1. The maximum absolute atomic E-state index is 6.21. The molecule has 1 atom stereocenters. The van der Waals surface area contributed by atoms with E-state index in [1.807, 2.05) is 25.2 Å². The third kappa shape index (κ3) is 3.82. The van der Waals surface area contributed by atoms with Gasteiger partial charge in [0.1, 0.15) is 0 Å². The summed E-state index contributed by atoms with van der Waals surface area (Å²) >= 11 is 6.21. The topological polar surface area (TPSA) is 12.0 Å². The quantitative estimate of drug-likeness (QED) is 0.843. The normalized spacial score (nSPS) is 12.4. The van der Waals surface area contributed by atoms with Gasteiger partial charge in [-0.05, 0) is 44.0 Å². The number of hydrogen-bond donors (Lipinski definition) is 1. The van der Waals surface area contributed by atoms with Crippen LogP contribution in [0.25, 0.3) is 11.1 Å². The Bertz CT molecular complexity index is 519. The molecule has 0 aliphatic rings. The largest absolute Gasteiger partial charge is 0.317 e. The molecule has 1 nitrogen and oxygen atoms in total. The van der Waals surface area contributed by atoms with E-state index in [0.717, 1.165) is 23.4 Å². The van der Waals surface area contributed by atoms with E-state index in [2.05, 4.69) is 42.6 Å². The molecule has 0 amide bonds. The van der Waals surface area contributed by atoms with E-state index in [-0.39, 0.29) is 0 Å². The molecule has 1 unspecified atom stereocenters. The summed E-state index contributed by atoms with van der Waals surface area (Å²) < 4.78 is 0. The second kappa shape index (κ2) is 6.74. The van der Waals surface area contributed by atoms with Crippen molar-refractivity contribution in [3.8, 4) is 11.1 Å². The Kier molecular flexibility index (Phi) is 5.00. The van der Waals surface area contributed by atoms with Crippen LogP contribution in [-0.4, -0.2) is 13.1 Å². The van der Waals surface area contributed by atoms with Crippen molar-refractivity contribution in [3.05, 3.63) is 59.1 Å². The first kappa shape index (κ1) is 14.1. The standard InChI is InChI=1S/C17H20ClN/c1-13(19-2)7-8-14-9-11-15(12-10-14)16-5-3-4-6-17(16)18/h3-6,9-13,19H,7-8H2,1-2H3. The fraction of sp³-hybridized carbons (Fsp3) is 0.294. The van der Waals surface area contributed by atoms with Gasteiger partial charge in [-0.3, -0.25) is 0 Å². The molecule has 0 saturated carbocycles. The number of nitrogens with one attached hydrogen (secondary N) is 1. The third-order valence-electron chi connectivity index (χ3n) is 3.50. The fourth-order valence-electron chi connectivity index (χ4n) is 2.07. The SMILES string of the molecule is CNC(C)CCc1ccc(-c2ccccc2Cl)cc1. The Labute approximate surface area is 120 Å². The van der Waals surface area contributed by atoms with Crippen molar-refractivity contribution < 1.29 is 0 Å². The molecule has 0 fully saturated rings. The van der Waals surface area contributed by atoms with E-state index in [1.54, 1.807) is 0 Å². The van der Waals surface area contributed by atoms with Gasteiger partial charge in [0.25, 0.3) is 0 Å². The van der Waals surface area contributed by atoms with Crippen LogP contribution >= 0.6 is 11.6 Å². The highest BCUT2D eigenvalue weighted by Crippen LogP contribution is 2.27. The Balaban J connectivity index is 2.09. The second-order valence-corrected chi connectivity index (χ2v) is 5.31. The summed E-state index contributed by atoms with van der Waals surface area (Å²) in [5.41, 5.74) is 3.65. The molecule has 0 bridgehead atoms. The molecule has 2 aromatic rings. The van der Waals surface area contributed by atoms with E-state index in [1.165, 1.54) is 11.1 Å². The van der Waals surface area contributed by atoms with Gasteiger partial charge < -0.3 is 5.32 Å². The van der Waals surface area contributed by atoms with Gasteiger partial charge >= 0.3 is 0 Å². The zero-order valence-electron chi connectivity index (χ0n) is 11.5. The van der Waals surface area contributed by atoms with Gasteiger partial charge in [0, 0.05) is 16.6 Å². The van der Waals surface area contributed by atoms with Crippen molar-refractivity contribution in [2.75, 3.05) is 7.05 Å². The molecule has 0 heterocycles. The summed E-state index contributed by atoms with van der Waals surface area (Å²) in [5.74, 6) is 0. The van der Waals surface area contributed by atoms with Gasteiger partial charge in [0.2, 0.25) is 0 Å². The van der Waals surface area contributed by atoms with Gasteiger partial charge in [0.15, 0.2) is 0 Å². The monoisotopic (exact) mass is 273 g/mol. The predicted molar refractivity (Wildman–Crippen MR) is 83.7 cm³/mol. The number of rotatable bonds is 5. The molecular formula is C17H20ClN. The van der Waals surface area contributed by atoms with E-state index in [9.17, 15) is 0 Å².